The molecular formula is C10H20N2O2. The second-order valence-corrected chi connectivity index (χ2v) is 3.99. The maximum Gasteiger partial charge on any atom is 0.317 e. The van der Waals surface area contributed by atoms with Crippen LogP contribution in [-0.2, 0) is 4.79 Å². The third-order valence-corrected chi connectivity index (χ3v) is 2.87. The van der Waals surface area contributed by atoms with Gasteiger partial charge in [0, 0.05) is 19.1 Å². The summed E-state index contributed by atoms with van der Waals surface area (Å²) in [4.78, 5) is 12.6. The van der Waals surface area contributed by atoms with Crippen molar-refractivity contribution >= 4 is 5.97 Å². The van der Waals surface area contributed by atoms with E-state index in [4.69, 9.17) is 5.11 Å². The lowest BCUT2D eigenvalue weighted by Crippen LogP contribution is -2.36. The number of aliphatic carboxylic acids is 1. The quantitative estimate of drug-likeness (QED) is 0.614. The number of hydrogen-bond acceptors (Lipinski definition) is 3. The highest BCUT2D eigenvalue weighted by Crippen LogP contribution is 2.21. The number of nitrogens with zero attached hydrogens (tertiary/aromatic N) is 1. The fraction of sp³-hybridized carbons (Fsp3) is 0.900. The van der Waals surface area contributed by atoms with Crippen molar-refractivity contribution in [1.82, 2.24) is 10.2 Å². The Bertz CT molecular complexity index is 179. The van der Waals surface area contributed by atoms with E-state index in [1.165, 1.54) is 25.7 Å². The fourth-order valence-electron chi connectivity index (χ4n) is 1.98. The molecule has 1 aliphatic rings. The lowest BCUT2D eigenvalue weighted by atomic mass is 10.2. The minimum absolute atomic E-state index is 0.0680. The van der Waals surface area contributed by atoms with Crippen LogP contribution < -0.4 is 5.32 Å². The van der Waals surface area contributed by atoms with Crippen LogP contribution in [0.4, 0.5) is 0 Å². The number of hydrogen-bond donors (Lipinski definition) is 2. The lowest BCUT2D eigenvalue weighted by molar-refractivity contribution is -0.135. The smallest absolute Gasteiger partial charge is 0.317 e. The summed E-state index contributed by atoms with van der Waals surface area (Å²) < 4.78 is 0. The van der Waals surface area contributed by atoms with Crippen molar-refractivity contribution in [2.24, 2.45) is 0 Å². The van der Waals surface area contributed by atoms with Crippen molar-refractivity contribution in [3.8, 4) is 0 Å². The van der Waals surface area contributed by atoms with Crippen LogP contribution in [-0.4, -0.2) is 48.7 Å². The predicted molar refractivity (Wildman–Crippen MR) is 55.4 cm³/mol. The maximum atomic E-state index is 10.2. The first-order valence-electron chi connectivity index (χ1n) is 5.33. The van der Waals surface area contributed by atoms with E-state index in [0.717, 1.165) is 19.1 Å². The Labute approximate surface area is 85.3 Å². The van der Waals surface area contributed by atoms with E-state index in [9.17, 15) is 4.79 Å². The number of carbonyl (C=O) groups is 1. The van der Waals surface area contributed by atoms with E-state index in [-0.39, 0.29) is 6.54 Å². The average Bonchev–Trinajstić information content (AvgIpc) is 2.64. The Morgan fingerprint density at radius 1 is 1.50 bits per heavy atom. The summed E-state index contributed by atoms with van der Waals surface area (Å²) in [5.74, 6) is -0.784. The van der Waals surface area contributed by atoms with Gasteiger partial charge in [0.25, 0.3) is 0 Å². The largest absolute Gasteiger partial charge is 0.480 e. The van der Waals surface area contributed by atoms with E-state index >= 15 is 0 Å². The first kappa shape index (κ1) is 11.5. The van der Waals surface area contributed by atoms with Gasteiger partial charge in [0.1, 0.15) is 0 Å². The van der Waals surface area contributed by atoms with Crippen molar-refractivity contribution < 1.29 is 9.90 Å². The summed E-state index contributed by atoms with van der Waals surface area (Å²) in [5.41, 5.74) is 0. The van der Waals surface area contributed by atoms with Crippen LogP contribution in [0, 0.1) is 0 Å². The molecule has 4 heteroatoms. The van der Waals surface area contributed by atoms with E-state index in [0.29, 0.717) is 0 Å². The molecular weight excluding hydrogens is 180 g/mol. The molecule has 0 unspecified atom stereocenters. The standard InChI is InChI=1S/C10H20N2O2/c1-12(9-4-2-3-5-9)7-6-11-8-10(13)14/h9,11H,2-8H2,1H3,(H,13,14). The Balaban J connectivity index is 2.02. The van der Waals surface area contributed by atoms with Crippen molar-refractivity contribution in [3.05, 3.63) is 0 Å². The minimum Gasteiger partial charge on any atom is -0.480 e. The maximum absolute atomic E-state index is 10.2. The van der Waals surface area contributed by atoms with Crippen LogP contribution in [0.15, 0.2) is 0 Å². The number of nitrogens with one attached hydrogen (secondary N) is 1. The number of carboxylic acids is 1. The van der Waals surface area contributed by atoms with Gasteiger partial charge in [-0.2, -0.15) is 0 Å². The van der Waals surface area contributed by atoms with Crippen molar-refractivity contribution in [1.29, 1.82) is 0 Å². The molecule has 0 aliphatic heterocycles. The molecule has 14 heavy (non-hydrogen) atoms. The monoisotopic (exact) mass is 200 g/mol. The van der Waals surface area contributed by atoms with Crippen molar-refractivity contribution in [2.75, 3.05) is 26.7 Å². The Hall–Kier alpha value is -0.610. The highest BCUT2D eigenvalue weighted by atomic mass is 16.4. The Morgan fingerprint density at radius 2 is 2.14 bits per heavy atom. The van der Waals surface area contributed by atoms with Gasteiger partial charge in [-0.05, 0) is 19.9 Å². The van der Waals surface area contributed by atoms with Crippen LogP contribution in [0.25, 0.3) is 0 Å². The first-order valence-corrected chi connectivity index (χ1v) is 5.33. The topological polar surface area (TPSA) is 52.6 Å². The molecule has 0 amide bonds. The van der Waals surface area contributed by atoms with Crippen LogP contribution in [0.3, 0.4) is 0 Å². The van der Waals surface area contributed by atoms with Gasteiger partial charge in [-0.25, -0.2) is 0 Å². The van der Waals surface area contributed by atoms with Gasteiger partial charge in [-0.1, -0.05) is 12.8 Å². The van der Waals surface area contributed by atoms with Gasteiger partial charge in [-0.15, -0.1) is 0 Å². The number of likely N-dealkylation sites (N-methyl/N-ethyl adjacent to an activating group) is 1. The van der Waals surface area contributed by atoms with Gasteiger partial charge < -0.3 is 15.3 Å². The molecule has 1 saturated carbocycles. The highest BCUT2D eigenvalue weighted by molar-refractivity contribution is 5.68. The van der Waals surface area contributed by atoms with E-state index in [1.54, 1.807) is 0 Å². The summed E-state index contributed by atoms with van der Waals surface area (Å²) in [6, 6.07) is 0.724. The SMILES string of the molecule is CN(CCNCC(=O)O)C1CCCC1. The molecule has 4 nitrogen and oxygen atoms in total. The van der Waals surface area contributed by atoms with Gasteiger partial charge in [-0.3, -0.25) is 4.79 Å². The van der Waals surface area contributed by atoms with Crippen LogP contribution in [0.1, 0.15) is 25.7 Å². The number of carboxylic acid groups (broad SMARTS) is 1. The van der Waals surface area contributed by atoms with Crippen LogP contribution in [0.5, 0.6) is 0 Å². The minimum atomic E-state index is -0.784. The van der Waals surface area contributed by atoms with Crippen molar-refractivity contribution in [2.45, 2.75) is 31.7 Å². The molecule has 0 aromatic carbocycles. The second kappa shape index (κ2) is 5.98. The zero-order valence-corrected chi connectivity index (χ0v) is 8.83. The highest BCUT2D eigenvalue weighted by Gasteiger charge is 2.18. The molecule has 1 fully saturated rings. The molecule has 0 spiro atoms. The van der Waals surface area contributed by atoms with Crippen LogP contribution in [0.2, 0.25) is 0 Å². The van der Waals surface area contributed by atoms with E-state index in [2.05, 4.69) is 17.3 Å². The molecule has 0 aromatic heterocycles. The summed E-state index contributed by atoms with van der Waals surface area (Å²) in [6.07, 6.45) is 5.29. The van der Waals surface area contributed by atoms with Gasteiger partial charge >= 0.3 is 5.97 Å². The normalized spacial score (nSPS) is 17.9. The Kier molecular flexibility index (Phi) is 4.90. The second-order valence-electron chi connectivity index (χ2n) is 3.99. The molecule has 0 heterocycles. The van der Waals surface area contributed by atoms with E-state index < -0.39 is 5.97 Å². The summed E-state index contributed by atoms with van der Waals surface area (Å²) >= 11 is 0. The van der Waals surface area contributed by atoms with Gasteiger partial charge in [0.05, 0.1) is 6.54 Å². The number of rotatable bonds is 6. The summed E-state index contributed by atoms with van der Waals surface area (Å²) in [6.45, 7) is 1.77. The zero-order valence-electron chi connectivity index (χ0n) is 8.83. The van der Waals surface area contributed by atoms with Gasteiger partial charge in [0.2, 0.25) is 0 Å². The molecule has 0 radical (unpaired) electrons. The first-order chi connectivity index (χ1) is 6.70. The molecule has 0 aromatic rings. The fourth-order valence-corrected chi connectivity index (χ4v) is 1.98. The zero-order chi connectivity index (χ0) is 10.4. The van der Waals surface area contributed by atoms with Crippen LogP contribution >= 0.6 is 0 Å². The summed E-state index contributed by atoms with van der Waals surface area (Å²) in [5, 5.41) is 11.3. The average molecular weight is 200 g/mol. The molecule has 2 N–H and O–H groups in total. The molecule has 82 valence electrons. The third-order valence-electron chi connectivity index (χ3n) is 2.87. The predicted octanol–water partition coefficient (Wildman–Crippen LogP) is 0.535. The lowest BCUT2D eigenvalue weighted by Gasteiger charge is -2.23. The molecule has 1 rings (SSSR count). The van der Waals surface area contributed by atoms with Gasteiger partial charge in [0.15, 0.2) is 0 Å². The van der Waals surface area contributed by atoms with E-state index in [1.807, 2.05) is 0 Å². The molecule has 1 aliphatic carbocycles. The Morgan fingerprint density at radius 3 is 2.71 bits per heavy atom. The third kappa shape index (κ3) is 4.07. The molecule has 0 saturated heterocycles. The summed E-state index contributed by atoms with van der Waals surface area (Å²) in [7, 11) is 2.12. The van der Waals surface area contributed by atoms with Crippen molar-refractivity contribution in [3.63, 3.8) is 0 Å². The molecule has 0 bridgehead atoms. The molecule has 0 atom stereocenters.